The van der Waals surface area contributed by atoms with Gasteiger partial charge in [-0.1, -0.05) is 12.1 Å². The van der Waals surface area contributed by atoms with Crippen LogP contribution in [0.25, 0.3) is 11.1 Å². The molecule has 0 aliphatic heterocycles. The normalized spacial score (nSPS) is 23.4. The van der Waals surface area contributed by atoms with Crippen LogP contribution in [0.3, 0.4) is 0 Å². The predicted molar refractivity (Wildman–Crippen MR) is 160 cm³/mol. The van der Waals surface area contributed by atoms with Crippen LogP contribution in [0, 0.1) is 5.92 Å². The minimum atomic E-state index is -0.432. The van der Waals surface area contributed by atoms with Gasteiger partial charge in [0.25, 0.3) is 0 Å². The topological polar surface area (TPSA) is 94.8 Å². The Morgan fingerprint density at radius 3 is 1.65 bits per heavy atom. The molecule has 0 bridgehead atoms. The molecule has 0 unspecified atom stereocenters. The molecule has 0 atom stereocenters. The standard InChI is InChI=1S/C33H49N3O4/c1-33(2,3)40-32(37)22-6-12-28(13-7-22)35-20-25-18-23(8-16-30(25)38-4)24-9-17-31(39-5)26(19-24)21-36-29-14-10-27(34)11-15-29/h8-9,16-19,22,27-29,35-36H,6-7,10-15,20-21,34H2,1-5H3/t22-,27-,28-,29-. The molecule has 4 N–H and O–H groups in total. The van der Waals surface area contributed by atoms with E-state index in [1.165, 1.54) is 0 Å². The molecule has 4 rings (SSSR count). The maximum atomic E-state index is 12.5. The highest BCUT2D eigenvalue weighted by Gasteiger charge is 2.30. The van der Waals surface area contributed by atoms with E-state index in [2.05, 4.69) is 47.0 Å². The number of benzene rings is 2. The summed E-state index contributed by atoms with van der Waals surface area (Å²) in [5.74, 6) is 1.73. The molecule has 0 spiro atoms. The van der Waals surface area contributed by atoms with Gasteiger partial charge < -0.3 is 30.6 Å². The molecule has 2 aliphatic carbocycles. The van der Waals surface area contributed by atoms with E-state index in [4.69, 9.17) is 19.9 Å². The molecule has 0 radical (unpaired) electrons. The van der Waals surface area contributed by atoms with Crippen LogP contribution in [0.15, 0.2) is 36.4 Å². The van der Waals surface area contributed by atoms with Crippen molar-refractivity contribution in [1.82, 2.24) is 10.6 Å². The fourth-order valence-electron chi connectivity index (χ4n) is 5.94. The summed E-state index contributed by atoms with van der Waals surface area (Å²) in [7, 11) is 3.45. The molecule has 2 saturated carbocycles. The number of nitrogens with two attached hydrogens (primary N) is 1. The van der Waals surface area contributed by atoms with Crippen molar-refractivity contribution < 1.29 is 19.0 Å². The Bertz CT molecular complexity index is 1110. The minimum Gasteiger partial charge on any atom is -0.496 e. The Morgan fingerprint density at radius 1 is 0.775 bits per heavy atom. The first-order chi connectivity index (χ1) is 19.1. The van der Waals surface area contributed by atoms with Gasteiger partial charge in [0, 0.05) is 42.3 Å². The number of nitrogens with one attached hydrogen (secondary N) is 2. The van der Waals surface area contributed by atoms with E-state index in [0.717, 1.165) is 91.7 Å². The molecule has 0 saturated heterocycles. The quantitative estimate of drug-likeness (QED) is 0.325. The van der Waals surface area contributed by atoms with Gasteiger partial charge in [-0.3, -0.25) is 4.79 Å². The second-order valence-corrected chi connectivity index (χ2v) is 12.5. The van der Waals surface area contributed by atoms with Crippen molar-refractivity contribution in [2.75, 3.05) is 14.2 Å². The number of hydrogen-bond acceptors (Lipinski definition) is 7. The zero-order valence-corrected chi connectivity index (χ0v) is 25.1. The van der Waals surface area contributed by atoms with Crippen molar-refractivity contribution in [1.29, 1.82) is 0 Å². The van der Waals surface area contributed by atoms with Crippen molar-refractivity contribution in [3.05, 3.63) is 47.5 Å². The molecule has 2 fully saturated rings. The summed E-state index contributed by atoms with van der Waals surface area (Å²) in [5.41, 5.74) is 10.3. The lowest BCUT2D eigenvalue weighted by atomic mass is 9.86. The van der Waals surface area contributed by atoms with Gasteiger partial charge in [-0.25, -0.2) is 0 Å². The average Bonchev–Trinajstić information content (AvgIpc) is 2.94. The molecule has 7 heteroatoms. The summed E-state index contributed by atoms with van der Waals surface area (Å²) in [4.78, 5) is 12.5. The van der Waals surface area contributed by atoms with Gasteiger partial charge in [0.2, 0.25) is 0 Å². The van der Waals surface area contributed by atoms with Crippen LogP contribution in [-0.4, -0.2) is 43.9 Å². The molecule has 2 aromatic rings. The molecule has 0 heterocycles. The highest BCUT2D eigenvalue weighted by atomic mass is 16.6. The van der Waals surface area contributed by atoms with Crippen molar-refractivity contribution in [2.24, 2.45) is 11.7 Å². The lowest BCUT2D eigenvalue weighted by molar-refractivity contribution is -0.161. The van der Waals surface area contributed by atoms with Gasteiger partial charge in [-0.15, -0.1) is 0 Å². The maximum absolute atomic E-state index is 12.5. The number of hydrogen-bond donors (Lipinski definition) is 3. The summed E-state index contributed by atoms with van der Waals surface area (Å²) in [5, 5.41) is 7.44. The molecular weight excluding hydrogens is 502 g/mol. The van der Waals surface area contributed by atoms with Gasteiger partial charge in [-0.05, 0) is 108 Å². The van der Waals surface area contributed by atoms with E-state index in [1.54, 1.807) is 14.2 Å². The molecule has 220 valence electrons. The van der Waals surface area contributed by atoms with Crippen molar-refractivity contribution >= 4 is 5.97 Å². The number of carbonyl (C=O) groups excluding carboxylic acids is 1. The van der Waals surface area contributed by atoms with Crippen LogP contribution in [0.2, 0.25) is 0 Å². The van der Waals surface area contributed by atoms with Crippen molar-refractivity contribution in [3.63, 3.8) is 0 Å². The molecule has 0 amide bonds. The Morgan fingerprint density at radius 2 is 1.23 bits per heavy atom. The van der Waals surface area contributed by atoms with E-state index in [0.29, 0.717) is 24.7 Å². The summed E-state index contributed by atoms with van der Waals surface area (Å²) in [6.07, 6.45) is 8.08. The van der Waals surface area contributed by atoms with Gasteiger partial charge in [0.05, 0.1) is 20.1 Å². The molecular formula is C33H49N3O4. The van der Waals surface area contributed by atoms with Gasteiger partial charge >= 0.3 is 5.97 Å². The third-order valence-electron chi connectivity index (χ3n) is 8.30. The van der Waals surface area contributed by atoms with Crippen LogP contribution in [0.4, 0.5) is 0 Å². The van der Waals surface area contributed by atoms with Gasteiger partial charge in [-0.2, -0.15) is 0 Å². The number of ether oxygens (including phenoxy) is 3. The fraction of sp³-hybridized carbons (Fsp3) is 0.606. The second-order valence-electron chi connectivity index (χ2n) is 12.5. The molecule has 40 heavy (non-hydrogen) atoms. The van der Waals surface area contributed by atoms with Crippen molar-refractivity contribution in [3.8, 4) is 22.6 Å². The lowest BCUT2D eigenvalue weighted by Gasteiger charge is -2.30. The van der Waals surface area contributed by atoms with Crippen LogP contribution in [0.5, 0.6) is 11.5 Å². The third-order valence-corrected chi connectivity index (χ3v) is 8.30. The molecule has 2 aliphatic rings. The summed E-state index contributed by atoms with van der Waals surface area (Å²) in [6.45, 7) is 7.27. The first-order valence-corrected chi connectivity index (χ1v) is 14.9. The second kappa shape index (κ2) is 13.8. The number of rotatable bonds is 10. The monoisotopic (exact) mass is 551 g/mol. The SMILES string of the molecule is COc1ccc(-c2ccc(OC)c(CN[C@H]3CC[C@H](C(=O)OC(C)(C)C)CC3)c2)cc1CN[C@H]1CC[C@H](N)CC1. The molecule has 7 nitrogen and oxygen atoms in total. The number of carbonyl (C=O) groups is 1. The predicted octanol–water partition coefficient (Wildman–Crippen LogP) is 5.72. The minimum absolute atomic E-state index is 0.00425. The van der Waals surface area contributed by atoms with E-state index in [9.17, 15) is 4.79 Å². The number of esters is 1. The van der Waals surface area contributed by atoms with Crippen LogP contribution in [0.1, 0.15) is 83.3 Å². The summed E-state index contributed by atoms with van der Waals surface area (Å²) in [6, 6.07) is 14.0. The van der Waals surface area contributed by atoms with Crippen LogP contribution >= 0.6 is 0 Å². The highest BCUT2D eigenvalue weighted by Crippen LogP contribution is 2.32. The zero-order chi connectivity index (χ0) is 28.7. The Hall–Kier alpha value is -2.61. The lowest BCUT2D eigenvalue weighted by Crippen LogP contribution is -2.37. The van der Waals surface area contributed by atoms with E-state index in [-0.39, 0.29) is 11.9 Å². The highest BCUT2D eigenvalue weighted by molar-refractivity contribution is 5.73. The number of methoxy groups -OCH3 is 2. The first kappa shape index (κ1) is 30.4. The van der Waals surface area contributed by atoms with Gasteiger partial charge in [0.15, 0.2) is 0 Å². The Labute approximate surface area is 240 Å². The van der Waals surface area contributed by atoms with Crippen molar-refractivity contribution in [2.45, 2.75) is 109 Å². The summed E-state index contributed by atoms with van der Waals surface area (Å²) >= 11 is 0. The van der Waals surface area contributed by atoms with Crippen LogP contribution < -0.4 is 25.8 Å². The zero-order valence-electron chi connectivity index (χ0n) is 25.1. The molecule has 0 aromatic heterocycles. The fourth-order valence-corrected chi connectivity index (χ4v) is 5.94. The largest absolute Gasteiger partial charge is 0.496 e. The van der Waals surface area contributed by atoms with E-state index >= 15 is 0 Å². The Kier molecular flexibility index (Phi) is 10.5. The Balaban J connectivity index is 1.39. The maximum Gasteiger partial charge on any atom is 0.309 e. The van der Waals surface area contributed by atoms with E-state index in [1.807, 2.05) is 20.8 Å². The van der Waals surface area contributed by atoms with Gasteiger partial charge in [0.1, 0.15) is 17.1 Å². The average molecular weight is 552 g/mol. The molecule has 2 aromatic carbocycles. The van der Waals surface area contributed by atoms with E-state index < -0.39 is 5.60 Å². The summed E-state index contributed by atoms with van der Waals surface area (Å²) < 4.78 is 17.0. The first-order valence-electron chi connectivity index (χ1n) is 14.9. The smallest absolute Gasteiger partial charge is 0.309 e. The van der Waals surface area contributed by atoms with Crippen LogP contribution in [-0.2, 0) is 22.6 Å². The third kappa shape index (κ3) is 8.45.